The summed E-state index contributed by atoms with van der Waals surface area (Å²) in [5.74, 6) is 1.45. The third-order valence-electron chi connectivity index (χ3n) is 2.21. The largest absolute Gasteiger partial charge is 0.477 e. The van der Waals surface area contributed by atoms with E-state index in [2.05, 4.69) is 34.8 Å². The quantitative estimate of drug-likeness (QED) is 0.757. The molecule has 0 aromatic carbocycles. The van der Waals surface area contributed by atoms with Crippen molar-refractivity contribution in [3.63, 3.8) is 0 Å². The van der Waals surface area contributed by atoms with Crippen molar-refractivity contribution in [2.45, 2.75) is 33.6 Å². The van der Waals surface area contributed by atoms with Crippen molar-refractivity contribution >= 4 is 15.9 Å². The minimum Gasteiger partial charge on any atom is -0.477 e. The van der Waals surface area contributed by atoms with Gasteiger partial charge in [-0.2, -0.15) is 0 Å². The fraction of sp³-hybridized carbons (Fsp3) is 0.583. The number of nitrogens with zero attached hydrogens (tertiary/aromatic N) is 1. The molecule has 84 valence electrons. The molecule has 1 rings (SSSR count). The van der Waals surface area contributed by atoms with Crippen LogP contribution in [-0.2, 0) is 0 Å². The van der Waals surface area contributed by atoms with E-state index in [9.17, 15) is 0 Å². The van der Waals surface area contributed by atoms with Crippen LogP contribution in [0.25, 0.3) is 0 Å². The number of pyridine rings is 1. The van der Waals surface area contributed by atoms with Gasteiger partial charge in [-0.25, -0.2) is 4.98 Å². The molecule has 0 spiro atoms. The van der Waals surface area contributed by atoms with Gasteiger partial charge in [0.15, 0.2) is 0 Å². The highest BCUT2D eigenvalue weighted by molar-refractivity contribution is 9.10. The zero-order valence-electron chi connectivity index (χ0n) is 9.59. The molecule has 0 unspecified atom stereocenters. The molecular weight excluding hydrogens is 254 g/mol. The standard InChI is InChI=1S/C12H18BrNO/c1-9(2)5-4-8-15-12-11(13)10(3)6-7-14-12/h6-7,9H,4-5,8H2,1-3H3. The van der Waals surface area contributed by atoms with Crippen molar-refractivity contribution in [3.05, 3.63) is 22.3 Å². The highest BCUT2D eigenvalue weighted by Gasteiger charge is 2.04. The van der Waals surface area contributed by atoms with Gasteiger partial charge in [-0.15, -0.1) is 0 Å². The van der Waals surface area contributed by atoms with E-state index in [0.717, 1.165) is 29.0 Å². The van der Waals surface area contributed by atoms with Gasteiger partial charge in [0, 0.05) is 6.20 Å². The van der Waals surface area contributed by atoms with Gasteiger partial charge in [0.25, 0.3) is 0 Å². The predicted octanol–water partition coefficient (Wildman–Crippen LogP) is 3.97. The second-order valence-corrected chi connectivity index (χ2v) is 4.92. The number of ether oxygens (including phenoxy) is 1. The monoisotopic (exact) mass is 271 g/mol. The van der Waals surface area contributed by atoms with Gasteiger partial charge < -0.3 is 4.74 Å². The molecule has 2 nitrogen and oxygen atoms in total. The van der Waals surface area contributed by atoms with Crippen LogP contribution in [-0.4, -0.2) is 11.6 Å². The first-order chi connectivity index (χ1) is 7.11. The van der Waals surface area contributed by atoms with Crippen LogP contribution in [0.15, 0.2) is 16.7 Å². The molecule has 0 saturated heterocycles. The van der Waals surface area contributed by atoms with Gasteiger partial charge in [-0.3, -0.25) is 0 Å². The summed E-state index contributed by atoms with van der Waals surface area (Å²) in [4.78, 5) is 4.19. The lowest BCUT2D eigenvalue weighted by atomic mass is 10.1. The van der Waals surface area contributed by atoms with E-state index in [1.54, 1.807) is 6.20 Å². The van der Waals surface area contributed by atoms with Gasteiger partial charge in [-0.1, -0.05) is 13.8 Å². The van der Waals surface area contributed by atoms with Crippen molar-refractivity contribution < 1.29 is 4.74 Å². The first-order valence-corrected chi connectivity index (χ1v) is 6.14. The maximum Gasteiger partial charge on any atom is 0.228 e. The van der Waals surface area contributed by atoms with E-state index < -0.39 is 0 Å². The molecule has 0 amide bonds. The molecular formula is C12H18BrNO. The molecule has 3 heteroatoms. The number of aryl methyl sites for hydroxylation is 1. The van der Waals surface area contributed by atoms with E-state index >= 15 is 0 Å². The third kappa shape index (κ3) is 4.20. The van der Waals surface area contributed by atoms with E-state index in [0.29, 0.717) is 5.88 Å². The predicted molar refractivity (Wildman–Crippen MR) is 66.2 cm³/mol. The summed E-state index contributed by atoms with van der Waals surface area (Å²) in [7, 11) is 0. The fourth-order valence-electron chi connectivity index (χ4n) is 1.28. The minimum atomic E-state index is 0.707. The summed E-state index contributed by atoms with van der Waals surface area (Å²) < 4.78 is 6.58. The van der Waals surface area contributed by atoms with Gasteiger partial charge in [0.05, 0.1) is 11.1 Å². The molecule has 15 heavy (non-hydrogen) atoms. The smallest absolute Gasteiger partial charge is 0.228 e. The molecule has 0 aliphatic heterocycles. The SMILES string of the molecule is Cc1ccnc(OCCCC(C)C)c1Br. The number of halogens is 1. The Hall–Kier alpha value is -0.570. The van der Waals surface area contributed by atoms with E-state index in [1.807, 2.05) is 13.0 Å². The van der Waals surface area contributed by atoms with Crippen LogP contribution in [0.3, 0.4) is 0 Å². The summed E-state index contributed by atoms with van der Waals surface area (Å²) in [6.07, 6.45) is 4.06. The van der Waals surface area contributed by atoms with E-state index in [4.69, 9.17) is 4.74 Å². The lowest BCUT2D eigenvalue weighted by Crippen LogP contribution is -2.02. The summed E-state index contributed by atoms with van der Waals surface area (Å²) >= 11 is 3.47. The van der Waals surface area contributed by atoms with Gasteiger partial charge in [0.1, 0.15) is 0 Å². The Kier molecular flexibility index (Phi) is 5.09. The summed E-state index contributed by atoms with van der Waals surface area (Å²) in [6.45, 7) is 7.22. The van der Waals surface area contributed by atoms with Gasteiger partial charge in [0.2, 0.25) is 5.88 Å². The molecule has 1 heterocycles. The highest BCUT2D eigenvalue weighted by Crippen LogP contribution is 2.25. The topological polar surface area (TPSA) is 22.1 Å². The molecule has 0 atom stereocenters. The Labute approximate surface area is 100 Å². The molecule has 0 aliphatic carbocycles. The van der Waals surface area contributed by atoms with E-state index in [-0.39, 0.29) is 0 Å². The van der Waals surface area contributed by atoms with Crippen molar-refractivity contribution in [1.82, 2.24) is 4.98 Å². The van der Waals surface area contributed by atoms with Crippen molar-refractivity contribution in [2.75, 3.05) is 6.61 Å². The van der Waals surface area contributed by atoms with Crippen LogP contribution < -0.4 is 4.74 Å². The molecule has 0 aliphatic rings. The first-order valence-electron chi connectivity index (χ1n) is 5.35. The Morgan fingerprint density at radius 3 is 2.87 bits per heavy atom. The maximum atomic E-state index is 5.61. The van der Waals surface area contributed by atoms with Crippen LogP contribution >= 0.6 is 15.9 Å². The fourth-order valence-corrected chi connectivity index (χ4v) is 1.63. The molecule has 0 radical (unpaired) electrons. The Morgan fingerprint density at radius 2 is 2.20 bits per heavy atom. The van der Waals surface area contributed by atoms with Gasteiger partial charge >= 0.3 is 0 Å². The molecule has 0 bridgehead atoms. The maximum absolute atomic E-state index is 5.61. The number of hydrogen-bond acceptors (Lipinski definition) is 2. The average molecular weight is 272 g/mol. The Bertz CT molecular complexity index is 312. The van der Waals surface area contributed by atoms with Crippen LogP contribution in [0, 0.1) is 12.8 Å². The summed E-state index contributed by atoms with van der Waals surface area (Å²) in [5, 5.41) is 0. The van der Waals surface area contributed by atoms with Crippen molar-refractivity contribution in [1.29, 1.82) is 0 Å². The Morgan fingerprint density at radius 1 is 1.47 bits per heavy atom. The zero-order valence-corrected chi connectivity index (χ0v) is 11.2. The second kappa shape index (κ2) is 6.11. The average Bonchev–Trinajstić information content (AvgIpc) is 2.18. The molecule has 1 aromatic rings. The first kappa shape index (κ1) is 12.5. The zero-order chi connectivity index (χ0) is 11.3. The lowest BCUT2D eigenvalue weighted by Gasteiger charge is -2.09. The van der Waals surface area contributed by atoms with Crippen LogP contribution in [0.5, 0.6) is 5.88 Å². The Balaban J connectivity index is 2.41. The van der Waals surface area contributed by atoms with Crippen LogP contribution in [0.2, 0.25) is 0 Å². The van der Waals surface area contributed by atoms with Crippen molar-refractivity contribution in [2.24, 2.45) is 5.92 Å². The summed E-state index contributed by atoms with van der Waals surface area (Å²) in [6, 6.07) is 1.96. The summed E-state index contributed by atoms with van der Waals surface area (Å²) in [5.41, 5.74) is 1.16. The second-order valence-electron chi connectivity index (χ2n) is 4.13. The van der Waals surface area contributed by atoms with Crippen molar-refractivity contribution in [3.8, 4) is 5.88 Å². The highest BCUT2D eigenvalue weighted by atomic mass is 79.9. The van der Waals surface area contributed by atoms with E-state index in [1.165, 1.54) is 6.42 Å². The third-order valence-corrected chi connectivity index (χ3v) is 3.18. The lowest BCUT2D eigenvalue weighted by molar-refractivity contribution is 0.285. The molecule has 0 fully saturated rings. The van der Waals surface area contributed by atoms with Crippen LogP contribution in [0.1, 0.15) is 32.3 Å². The van der Waals surface area contributed by atoms with Crippen LogP contribution in [0.4, 0.5) is 0 Å². The molecule has 0 N–H and O–H groups in total. The number of aromatic nitrogens is 1. The molecule has 0 saturated carbocycles. The minimum absolute atomic E-state index is 0.707. The number of rotatable bonds is 5. The van der Waals surface area contributed by atoms with Gasteiger partial charge in [-0.05, 0) is 53.2 Å². The normalized spacial score (nSPS) is 10.7. The molecule has 1 aromatic heterocycles. The number of hydrogen-bond donors (Lipinski definition) is 0.